The minimum Gasteiger partial charge on any atom is -0.493 e. The van der Waals surface area contributed by atoms with Crippen molar-refractivity contribution in [3.63, 3.8) is 0 Å². The van der Waals surface area contributed by atoms with Crippen LogP contribution in [0.2, 0.25) is 0 Å². The molecule has 1 aromatic rings. The van der Waals surface area contributed by atoms with Crippen molar-refractivity contribution in [2.75, 3.05) is 20.8 Å². The number of ether oxygens (including phenoxy) is 3. The zero-order valence-electron chi connectivity index (χ0n) is 14.3. The lowest BCUT2D eigenvalue weighted by molar-refractivity contribution is -0.140. The minimum absolute atomic E-state index is 0.252. The highest BCUT2D eigenvalue weighted by atomic mass is 16.6. The molecule has 1 rings (SSSR count). The van der Waals surface area contributed by atoms with E-state index in [1.54, 1.807) is 19.2 Å². The number of benzene rings is 1. The molecule has 1 aromatic carbocycles. The van der Waals surface area contributed by atoms with Gasteiger partial charge in [0.1, 0.15) is 0 Å². The van der Waals surface area contributed by atoms with Gasteiger partial charge in [-0.25, -0.2) is 0 Å². The fraction of sp³-hybridized carbons (Fsp3) is 0.588. The highest BCUT2D eigenvalue weighted by Crippen LogP contribution is 2.29. The summed E-state index contributed by atoms with van der Waals surface area (Å²) in [6, 6.07) is 5.76. The van der Waals surface area contributed by atoms with Gasteiger partial charge in [-0.3, -0.25) is 4.79 Å². The van der Waals surface area contributed by atoms with Gasteiger partial charge in [-0.2, -0.15) is 0 Å². The highest BCUT2D eigenvalue weighted by Gasteiger charge is 2.12. The highest BCUT2D eigenvalue weighted by molar-refractivity contribution is 5.69. The van der Waals surface area contributed by atoms with Gasteiger partial charge in [0.2, 0.25) is 0 Å². The molecule has 2 N–H and O–H groups in total. The third-order valence-electron chi connectivity index (χ3n) is 3.28. The topological polar surface area (TPSA) is 77.0 Å². The average Bonchev–Trinajstić information content (AvgIpc) is 2.53. The van der Waals surface area contributed by atoms with Gasteiger partial charge in [0.15, 0.2) is 17.8 Å². The molecule has 1 atom stereocenters. The minimum atomic E-state index is -0.906. The number of aryl methyl sites for hydroxylation is 1. The second-order valence-electron chi connectivity index (χ2n) is 5.53. The van der Waals surface area contributed by atoms with Crippen molar-refractivity contribution in [1.29, 1.82) is 0 Å². The number of rotatable bonds is 10. The molecule has 0 aliphatic carbocycles. The van der Waals surface area contributed by atoms with E-state index in [9.17, 15) is 9.90 Å². The van der Waals surface area contributed by atoms with Crippen molar-refractivity contribution >= 4 is 5.97 Å². The first-order chi connectivity index (χ1) is 11.0. The molecular formula is C17H27NO5. The van der Waals surface area contributed by atoms with Gasteiger partial charge in [0.05, 0.1) is 14.2 Å². The van der Waals surface area contributed by atoms with E-state index in [0.717, 1.165) is 5.56 Å². The van der Waals surface area contributed by atoms with Crippen LogP contribution in [0.3, 0.4) is 0 Å². The van der Waals surface area contributed by atoms with Gasteiger partial charge in [-0.05, 0) is 24.1 Å². The van der Waals surface area contributed by atoms with E-state index in [2.05, 4.69) is 10.1 Å². The summed E-state index contributed by atoms with van der Waals surface area (Å²) in [5.74, 6) is 0.756. The van der Waals surface area contributed by atoms with Crippen LogP contribution in [0.25, 0.3) is 0 Å². The third-order valence-corrected chi connectivity index (χ3v) is 3.28. The molecule has 0 heterocycles. The third kappa shape index (κ3) is 7.34. The Labute approximate surface area is 137 Å². The Morgan fingerprint density at radius 2 is 2.00 bits per heavy atom. The summed E-state index contributed by atoms with van der Waals surface area (Å²) in [5.41, 5.74) is 0.940. The van der Waals surface area contributed by atoms with E-state index < -0.39 is 6.29 Å². The van der Waals surface area contributed by atoms with Gasteiger partial charge in [-0.15, -0.1) is 0 Å². The molecule has 0 aliphatic rings. The van der Waals surface area contributed by atoms with E-state index >= 15 is 0 Å². The standard InChI is InChI=1S/C17H27NO5/c1-12(2)18-10-9-17(20)23-14-7-5-13(11-15(14)21-3)6-8-16(19)22-4/h5,7,11-12,17-18,20H,6,8-10H2,1-4H3. The summed E-state index contributed by atoms with van der Waals surface area (Å²) in [5, 5.41) is 13.2. The van der Waals surface area contributed by atoms with Crippen molar-refractivity contribution in [1.82, 2.24) is 5.32 Å². The van der Waals surface area contributed by atoms with Crippen molar-refractivity contribution < 1.29 is 24.1 Å². The summed E-state index contributed by atoms with van der Waals surface area (Å²) in [7, 11) is 2.91. The molecule has 1 unspecified atom stereocenters. The fourth-order valence-electron chi connectivity index (χ4n) is 2.01. The Morgan fingerprint density at radius 1 is 1.26 bits per heavy atom. The number of hydrogen-bond donors (Lipinski definition) is 2. The lowest BCUT2D eigenvalue weighted by Crippen LogP contribution is -2.28. The predicted octanol–water partition coefficient (Wildman–Crippen LogP) is 1.89. The lowest BCUT2D eigenvalue weighted by Gasteiger charge is -2.17. The van der Waals surface area contributed by atoms with Crippen LogP contribution < -0.4 is 14.8 Å². The number of methoxy groups -OCH3 is 2. The van der Waals surface area contributed by atoms with Crippen molar-refractivity contribution in [2.45, 2.75) is 45.4 Å². The molecule has 0 spiro atoms. The molecule has 0 radical (unpaired) electrons. The monoisotopic (exact) mass is 325 g/mol. The summed E-state index contributed by atoms with van der Waals surface area (Å²) < 4.78 is 15.4. The average molecular weight is 325 g/mol. The van der Waals surface area contributed by atoms with E-state index in [1.165, 1.54) is 7.11 Å². The van der Waals surface area contributed by atoms with Crippen LogP contribution in [0, 0.1) is 0 Å². The molecule has 0 saturated heterocycles. The molecule has 6 nitrogen and oxygen atoms in total. The predicted molar refractivity (Wildman–Crippen MR) is 87.7 cm³/mol. The van der Waals surface area contributed by atoms with Crippen molar-refractivity contribution in [2.24, 2.45) is 0 Å². The zero-order chi connectivity index (χ0) is 17.2. The summed E-state index contributed by atoms with van der Waals surface area (Å²) >= 11 is 0. The number of esters is 1. The van der Waals surface area contributed by atoms with E-state index in [4.69, 9.17) is 9.47 Å². The number of carbonyl (C=O) groups excluding carboxylic acids is 1. The van der Waals surface area contributed by atoms with Crippen molar-refractivity contribution in [3.05, 3.63) is 23.8 Å². The number of nitrogens with one attached hydrogen (secondary N) is 1. The maximum atomic E-state index is 11.2. The van der Waals surface area contributed by atoms with Gasteiger partial charge in [-0.1, -0.05) is 19.9 Å². The summed E-state index contributed by atoms with van der Waals surface area (Å²) in [6.45, 7) is 4.75. The molecule has 23 heavy (non-hydrogen) atoms. The van der Waals surface area contributed by atoms with E-state index in [0.29, 0.717) is 43.3 Å². The van der Waals surface area contributed by atoms with E-state index in [1.807, 2.05) is 19.9 Å². The molecule has 0 saturated carbocycles. The number of aliphatic hydroxyl groups excluding tert-OH is 1. The maximum absolute atomic E-state index is 11.2. The molecule has 0 bridgehead atoms. The first-order valence-corrected chi connectivity index (χ1v) is 7.78. The van der Waals surface area contributed by atoms with E-state index in [-0.39, 0.29) is 5.97 Å². The summed E-state index contributed by atoms with van der Waals surface area (Å²) in [6.07, 6.45) is 0.440. The Bertz CT molecular complexity index is 490. The second kappa shape index (κ2) is 10.1. The second-order valence-corrected chi connectivity index (χ2v) is 5.53. The summed E-state index contributed by atoms with van der Waals surface area (Å²) in [4.78, 5) is 11.2. The SMILES string of the molecule is COC(=O)CCc1ccc(OC(O)CCNC(C)C)c(OC)c1. The molecule has 0 aromatic heterocycles. The molecular weight excluding hydrogens is 298 g/mol. The van der Waals surface area contributed by atoms with Crippen LogP contribution >= 0.6 is 0 Å². The Balaban J connectivity index is 2.59. The quantitative estimate of drug-likeness (QED) is 0.505. The van der Waals surface area contributed by atoms with Crippen LogP contribution in [-0.2, 0) is 16.0 Å². The Kier molecular flexibility index (Phi) is 8.43. The first-order valence-electron chi connectivity index (χ1n) is 7.78. The van der Waals surface area contributed by atoms with Crippen LogP contribution in [0.1, 0.15) is 32.3 Å². The Morgan fingerprint density at radius 3 is 2.61 bits per heavy atom. The molecule has 0 amide bonds. The lowest BCUT2D eigenvalue weighted by atomic mass is 10.1. The van der Waals surface area contributed by atoms with Crippen LogP contribution in [-0.4, -0.2) is 44.2 Å². The van der Waals surface area contributed by atoms with Crippen LogP contribution in [0.5, 0.6) is 11.5 Å². The van der Waals surface area contributed by atoms with Gasteiger partial charge < -0.3 is 24.6 Å². The number of carbonyl (C=O) groups is 1. The molecule has 6 heteroatoms. The van der Waals surface area contributed by atoms with Gasteiger partial charge in [0, 0.05) is 25.4 Å². The normalized spacial score (nSPS) is 12.1. The molecule has 130 valence electrons. The van der Waals surface area contributed by atoms with Gasteiger partial charge in [0.25, 0.3) is 0 Å². The first kappa shape index (κ1) is 19.3. The van der Waals surface area contributed by atoms with Gasteiger partial charge >= 0.3 is 5.97 Å². The maximum Gasteiger partial charge on any atom is 0.305 e. The van der Waals surface area contributed by atoms with Crippen molar-refractivity contribution in [3.8, 4) is 11.5 Å². The van der Waals surface area contributed by atoms with Crippen LogP contribution in [0.15, 0.2) is 18.2 Å². The zero-order valence-corrected chi connectivity index (χ0v) is 14.3. The molecule has 0 aliphatic heterocycles. The molecule has 0 fully saturated rings. The Hall–Kier alpha value is -1.79. The fourth-order valence-corrected chi connectivity index (χ4v) is 2.01. The largest absolute Gasteiger partial charge is 0.493 e. The van der Waals surface area contributed by atoms with Crippen LogP contribution in [0.4, 0.5) is 0 Å². The number of aliphatic hydroxyl groups is 1. The smallest absolute Gasteiger partial charge is 0.305 e. The number of hydrogen-bond acceptors (Lipinski definition) is 6.